The lowest BCUT2D eigenvalue weighted by atomic mass is 10.1. The molecule has 0 spiro atoms. The Kier molecular flexibility index (Phi) is 5.88. The van der Waals surface area contributed by atoms with Crippen LogP contribution < -0.4 is 16.3 Å². The van der Waals surface area contributed by atoms with Gasteiger partial charge in [0.05, 0.1) is 16.8 Å². The molecule has 0 radical (unpaired) electrons. The number of nitrogens with one attached hydrogen (secondary N) is 2. The van der Waals surface area contributed by atoms with Gasteiger partial charge in [-0.05, 0) is 42.5 Å². The summed E-state index contributed by atoms with van der Waals surface area (Å²) in [6, 6.07) is 12.4. The normalized spacial score (nSPS) is 11.4. The molecule has 0 aliphatic carbocycles. The highest BCUT2D eigenvalue weighted by atomic mass is 19.4. The molecule has 0 fully saturated rings. The summed E-state index contributed by atoms with van der Waals surface area (Å²) in [7, 11) is 0. The number of carbonyl (C=O) groups is 2. The van der Waals surface area contributed by atoms with Crippen LogP contribution in [0.1, 0.15) is 15.9 Å². The van der Waals surface area contributed by atoms with Gasteiger partial charge in [0, 0.05) is 11.9 Å². The Morgan fingerprint density at radius 1 is 0.971 bits per heavy atom. The maximum Gasteiger partial charge on any atom is 0.418 e. The fourth-order valence-corrected chi connectivity index (χ4v) is 3.21. The van der Waals surface area contributed by atoms with Crippen molar-refractivity contribution in [2.75, 3.05) is 10.6 Å². The van der Waals surface area contributed by atoms with Crippen LogP contribution in [0.15, 0.2) is 71.7 Å². The van der Waals surface area contributed by atoms with E-state index in [4.69, 9.17) is 0 Å². The average Bonchev–Trinajstić information content (AvgIpc) is 3.09. The second-order valence-electron chi connectivity index (χ2n) is 7.11. The summed E-state index contributed by atoms with van der Waals surface area (Å²) < 4.78 is 56.7. The van der Waals surface area contributed by atoms with Gasteiger partial charge in [-0.1, -0.05) is 18.2 Å². The minimum absolute atomic E-state index is 0.254. The summed E-state index contributed by atoms with van der Waals surface area (Å²) in [4.78, 5) is 36.9. The van der Waals surface area contributed by atoms with Crippen molar-refractivity contribution < 1.29 is 27.2 Å². The molecule has 4 aromatic rings. The van der Waals surface area contributed by atoms with Gasteiger partial charge in [0.1, 0.15) is 12.4 Å². The summed E-state index contributed by atoms with van der Waals surface area (Å²) in [5.41, 5.74) is -2.78. The van der Waals surface area contributed by atoms with Gasteiger partial charge >= 0.3 is 11.9 Å². The van der Waals surface area contributed by atoms with Crippen LogP contribution in [0.4, 0.5) is 28.9 Å². The summed E-state index contributed by atoms with van der Waals surface area (Å²) in [6.45, 7) is -0.621. The molecule has 174 valence electrons. The number of alkyl halides is 3. The third-order valence-corrected chi connectivity index (χ3v) is 4.76. The van der Waals surface area contributed by atoms with Gasteiger partial charge in [-0.25, -0.2) is 13.9 Å². The van der Waals surface area contributed by atoms with Crippen LogP contribution >= 0.6 is 0 Å². The number of rotatable bonds is 5. The van der Waals surface area contributed by atoms with E-state index in [1.54, 1.807) is 12.1 Å². The van der Waals surface area contributed by atoms with Crippen molar-refractivity contribution in [3.63, 3.8) is 0 Å². The highest BCUT2D eigenvalue weighted by Crippen LogP contribution is 2.36. The van der Waals surface area contributed by atoms with Crippen molar-refractivity contribution in [1.82, 2.24) is 14.2 Å². The van der Waals surface area contributed by atoms with Crippen LogP contribution in [-0.2, 0) is 17.5 Å². The summed E-state index contributed by atoms with van der Waals surface area (Å²) in [5, 5.41) is 8.28. The number of amides is 2. The molecule has 34 heavy (non-hydrogen) atoms. The van der Waals surface area contributed by atoms with Crippen LogP contribution in [0.2, 0.25) is 0 Å². The average molecular weight is 473 g/mol. The quantitative estimate of drug-likeness (QED) is 0.434. The molecule has 0 saturated carbocycles. The zero-order valence-corrected chi connectivity index (χ0v) is 17.1. The largest absolute Gasteiger partial charge is 0.418 e. The molecule has 8 nitrogen and oxygen atoms in total. The SMILES string of the molecule is O=C(Cn1nc2ccccn2c1=O)Nc1ccc(NC(=O)c2ccccc2F)cc1C(F)(F)F. The lowest BCUT2D eigenvalue weighted by molar-refractivity contribution is -0.136. The number of hydrogen-bond acceptors (Lipinski definition) is 4. The Bertz CT molecular complexity index is 1460. The number of benzene rings is 2. The van der Waals surface area contributed by atoms with Gasteiger partial charge in [-0.2, -0.15) is 13.2 Å². The summed E-state index contributed by atoms with van der Waals surface area (Å²) >= 11 is 0. The van der Waals surface area contributed by atoms with E-state index >= 15 is 0 Å². The first-order valence-corrected chi connectivity index (χ1v) is 9.74. The van der Waals surface area contributed by atoms with E-state index in [1.165, 1.54) is 34.9 Å². The molecule has 0 saturated heterocycles. The molecule has 0 aliphatic heterocycles. The molecule has 0 unspecified atom stereocenters. The number of nitrogens with zero attached hydrogens (tertiary/aromatic N) is 3. The molecule has 2 heterocycles. The minimum atomic E-state index is -4.89. The van der Waals surface area contributed by atoms with E-state index in [1.807, 2.05) is 0 Å². The summed E-state index contributed by atoms with van der Waals surface area (Å²) in [6.07, 6.45) is -3.45. The molecular formula is C22H15F4N5O3. The zero-order valence-electron chi connectivity index (χ0n) is 17.1. The Hall–Kier alpha value is -4.48. The standard InChI is InChI=1S/C22H15F4N5O3/c23-16-6-2-1-5-14(16)20(33)27-13-8-9-17(15(11-13)22(24,25)26)28-19(32)12-31-21(34)30-10-4-3-7-18(30)29-31/h1-11H,12H2,(H,27,33)(H,28,32). The van der Waals surface area contributed by atoms with Crippen molar-refractivity contribution in [1.29, 1.82) is 0 Å². The maximum absolute atomic E-state index is 13.8. The van der Waals surface area contributed by atoms with Crippen molar-refractivity contribution in [2.45, 2.75) is 12.7 Å². The minimum Gasteiger partial charge on any atom is -0.324 e. The Balaban J connectivity index is 1.56. The van der Waals surface area contributed by atoms with Crippen molar-refractivity contribution >= 4 is 28.8 Å². The van der Waals surface area contributed by atoms with Crippen molar-refractivity contribution in [3.8, 4) is 0 Å². The van der Waals surface area contributed by atoms with Crippen LogP contribution in [0.5, 0.6) is 0 Å². The van der Waals surface area contributed by atoms with Crippen molar-refractivity contribution in [2.24, 2.45) is 0 Å². The van der Waals surface area contributed by atoms with Crippen LogP contribution in [0.3, 0.4) is 0 Å². The highest BCUT2D eigenvalue weighted by Gasteiger charge is 2.34. The molecule has 0 aliphatic rings. The first kappa shape index (κ1) is 22.7. The van der Waals surface area contributed by atoms with Gasteiger partial charge in [0.2, 0.25) is 5.91 Å². The lowest BCUT2D eigenvalue weighted by Crippen LogP contribution is -2.28. The number of hydrogen-bond donors (Lipinski definition) is 2. The molecule has 2 N–H and O–H groups in total. The van der Waals surface area contributed by atoms with E-state index < -0.39 is 47.3 Å². The number of halogens is 4. The third kappa shape index (κ3) is 4.65. The van der Waals surface area contributed by atoms with Crippen LogP contribution in [0.25, 0.3) is 5.65 Å². The first-order valence-electron chi connectivity index (χ1n) is 9.74. The Morgan fingerprint density at radius 2 is 1.71 bits per heavy atom. The van der Waals surface area contributed by atoms with E-state index in [-0.39, 0.29) is 16.9 Å². The number of fused-ring (bicyclic) bond motifs is 1. The molecule has 2 aromatic heterocycles. The van der Waals surface area contributed by atoms with Gasteiger partial charge in [-0.15, -0.1) is 5.10 Å². The molecule has 0 bridgehead atoms. The molecular weight excluding hydrogens is 458 g/mol. The zero-order chi connectivity index (χ0) is 24.5. The van der Waals surface area contributed by atoms with Gasteiger partial charge in [0.25, 0.3) is 5.91 Å². The molecule has 0 atom stereocenters. The fourth-order valence-electron chi connectivity index (χ4n) is 3.21. The van der Waals surface area contributed by atoms with Crippen LogP contribution in [0, 0.1) is 5.82 Å². The lowest BCUT2D eigenvalue weighted by Gasteiger charge is -2.16. The van der Waals surface area contributed by atoms with E-state index in [9.17, 15) is 31.9 Å². The predicted molar refractivity (Wildman–Crippen MR) is 114 cm³/mol. The predicted octanol–water partition coefficient (Wildman–Crippen LogP) is 3.54. The van der Waals surface area contributed by atoms with Crippen molar-refractivity contribution in [3.05, 3.63) is 94.3 Å². The van der Waals surface area contributed by atoms with E-state index in [0.717, 1.165) is 22.9 Å². The van der Waals surface area contributed by atoms with Gasteiger partial charge in [-0.3, -0.25) is 14.0 Å². The molecule has 12 heteroatoms. The number of carbonyl (C=O) groups excluding carboxylic acids is 2. The molecule has 2 aromatic carbocycles. The summed E-state index contributed by atoms with van der Waals surface area (Å²) in [5.74, 6) is -2.68. The molecule has 2 amide bonds. The topological polar surface area (TPSA) is 97.5 Å². The monoisotopic (exact) mass is 473 g/mol. The highest BCUT2D eigenvalue weighted by molar-refractivity contribution is 6.04. The van der Waals surface area contributed by atoms with E-state index in [0.29, 0.717) is 6.07 Å². The number of aromatic nitrogens is 3. The smallest absolute Gasteiger partial charge is 0.324 e. The fraction of sp³-hybridized carbons (Fsp3) is 0.0909. The number of pyridine rings is 1. The van der Waals surface area contributed by atoms with Gasteiger partial charge in [0.15, 0.2) is 5.65 Å². The first-order chi connectivity index (χ1) is 16.1. The third-order valence-electron chi connectivity index (χ3n) is 4.76. The van der Waals surface area contributed by atoms with Crippen LogP contribution in [-0.4, -0.2) is 26.0 Å². The second-order valence-corrected chi connectivity index (χ2v) is 7.11. The van der Waals surface area contributed by atoms with E-state index in [2.05, 4.69) is 15.7 Å². The van der Waals surface area contributed by atoms with Gasteiger partial charge < -0.3 is 10.6 Å². The molecule has 4 rings (SSSR count). The Labute approximate surface area is 188 Å². The maximum atomic E-state index is 13.8. The Morgan fingerprint density at radius 3 is 2.41 bits per heavy atom. The number of anilines is 2. The second kappa shape index (κ2) is 8.81.